The molecule has 1 rings (SSSR count). The highest BCUT2D eigenvalue weighted by molar-refractivity contribution is 6.33. The van der Waals surface area contributed by atoms with Crippen molar-refractivity contribution in [2.45, 2.75) is 0 Å². The molecule has 9 heavy (non-hydrogen) atoms. The fourth-order valence-electron chi connectivity index (χ4n) is 0.523. The smallest absolute Gasteiger partial charge is 0.166 e. The van der Waals surface area contributed by atoms with Gasteiger partial charge in [0.25, 0.3) is 0 Å². The van der Waals surface area contributed by atoms with E-state index in [1.807, 2.05) is 0 Å². The van der Waals surface area contributed by atoms with Crippen LogP contribution in [0.1, 0.15) is 0 Å². The first-order valence-electron chi connectivity index (χ1n) is 2.58. The van der Waals surface area contributed by atoms with Crippen LogP contribution in [-0.2, 0) is 0 Å². The number of nitrogens with zero attached hydrogens (tertiary/aromatic N) is 1. The van der Waals surface area contributed by atoms with Crippen molar-refractivity contribution in [3.8, 4) is 0 Å². The molecule has 46 valence electrons. The zero-order valence-electron chi connectivity index (χ0n) is 5.06. The molecule has 0 aliphatic rings. The zero-order chi connectivity index (χ0) is 6.85. The number of hydrogen-bond donors (Lipinski definition) is 1. The second-order valence-electron chi connectivity index (χ2n) is 1.83. The van der Waals surface area contributed by atoms with E-state index in [1.165, 1.54) is 6.07 Å². The lowest BCUT2D eigenvalue weighted by Gasteiger charge is -1.95. The molecule has 2 N–H and O–H groups in total. The van der Waals surface area contributed by atoms with Crippen molar-refractivity contribution in [1.29, 1.82) is 0 Å². The van der Waals surface area contributed by atoms with Crippen LogP contribution in [0.15, 0.2) is 12.3 Å². The van der Waals surface area contributed by atoms with Crippen molar-refractivity contribution < 1.29 is 4.39 Å². The van der Waals surface area contributed by atoms with Gasteiger partial charge in [0.05, 0.1) is 6.20 Å². The van der Waals surface area contributed by atoms with E-state index in [1.54, 1.807) is 7.85 Å². The SMILES string of the molecule is Bc1ncc(F)cc1N. The minimum atomic E-state index is -0.391. The number of nitrogens with two attached hydrogens (primary N) is 1. The summed E-state index contributed by atoms with van der Waals surface area (Å²) in [5, 5.41) is 0. The molecule has 0 atom stereocenters. The van der Waals surface area contributed by atoms with Crippen LogP contribution in [0.5, 0.6) is 0 Å². The van der Waals surface area contributed by atoms with Crippen molar-refractivity contribution in [3.63, 3.8) is 0 Å². The molecule has 0 spiro atoms. The number of hydrogen-bond acceptors (Lipinski definition) is 2. The molecule has 0 saturated heterocycles. The molecule has 0 aromatic carbocycles. The summed E-state index contributed by atoms with van der Waals surface area (Å²) in [6.45, 7) is 0. The standard InChI is InChI=1S/C5H6BFN2/c6-5-4(8)1-3(7)2-9-5/h1-2H,6,8H2. The predicted octanol–water partition coefficient (Wildman–Crippen LogP) is -0.939. The van der Waals surface area contributed by atoms with Crippen LogP contribution in [0.4, 0.5) is 10.1 Å². The Labute approximate surface area is 53.3 Å². The van der Waals surface area contributed by atoms with E-state index in [0.717, 1.165) is 6.20 Å². The van der Waals surface area contributed by atoms with Crippen molar-refractivity contribution in [1.82, 2.24) is 4.98 Å². The Balaban J connectivity index is 3.17. The molecule has 1 heterocycles. The Bertz CT molecular complexity index is 226. The number of pyridine rings is 1. The fourth-order valence-corrected chi connectivity index (χ4v) is 0.523. The van der Waals surface area contributed by atoms with Crippen LogP contribution in [-0.4, -0.2) is 12.8 Å². The lowest BCUT2D eigenvalue weighted by molar-refractivity contribution is 0.623. The summed E-state index contributed by atoms with van der Waals surface area (Å²) in [5.74, 6) is -0.391. The second kappa shape index (κ2) is 2.05. The number of halogens is 1. The third-order valence-electron chi connectivity index (χ3n) is 1.09. The fraction of sp³-hybridized carbons (Fsp3) is 0. The van der Waals surface area contributed by atoms with E-state index in [4.69, 9.17) is 5.73 Å². The number of rotatable bonds is 0. The van der Waals surface area contributed by atoms with Gasteiger partial charge in [-0.15, -0.1) is 0 Å². The van der Waals surface area contributed by atoms with Gasteiger partial charge in [0.2, 0.25) is 0 Å². The molecule has 0 radical (unpaired) electrons. The van der Waals surface area contributed by atoms with Crippen molar-refractivity contribution in [3.05, 3.63) is 18.1 Å². The first kappa shape index (κ1) is 6.07. The molecule has 1 aromatic heterocycles. The van der Waals surface area contributed by atoms with Gasteiger partial charge in [0.15, 0.2) is 7.85 Å². The molecule has 0 aliphatic heterocycles. The topological polar surface area (TPSA) is 38.9 Å². The van der Waals surface area contributed by atoms with Crippen molar-refractivity contribution in [2.24, 2.45) is 0 Å². The van der Waals surface area contributed by atoms with Gasteiger partial charge in [0, 0.05) is 11.3 Å². The van der Waals surface area contributed by atoms with Crippen LogP contribution < -0.4 is 11.3 Å². The van der Waals surface area contributed by atoms with Gasteiger partial charge in [-0.05, 0) is 6.07 Å². The van der Waals surface area contributed by atoms with Crippen molar-refractivity contribution >= 4 is 19.1 Å². The first-order chi connectivity index (χ1) is 4.20. The molecule has 0 saturated carbocycles. The van der Waals surface area contributed by atoms with E-state index in [0.29, 0.717) is 11.3 Å². The van der Waals surface area contributed by atoms with Crippen LogP contribution in [0, 0.1) is 5.82 Å². The summed E-state index contributed by atoms with van der Waals surface area (Å²) in [5.41, 5.74) is 6.38. The Morgan fingerprint density at radius 1 is 1.67 bits per heavy atom. The van der Waals surface area contributed by atoms with Crippen molar-refractivity contribution in [2.75, 3.05) is 5.73 Å². The third-order valence-corrected chi connectivity index (χ3v) is 1.09. The first-order valence-corrected chi connectivity index (χ1v) is 2.58. The lowest BCUT2D eigenvalue weighted by atomic mass is 10.0. The lowest BCUT2D eigenvalue weighted by Crippen LogP contribution is -2.13. The minimum Gasteiger partial charge on any atom is -0.398 e. The van der Waals surface area contributed by atoms with E-state index in [2.05, 4.69) is 4.98 Å². The highest BCUT2D eigenvalue weighted by atomic mass is 19.1. The monoisotopic (exact) mass is 124 g/mol. The molecule has 0 bridgehead atoms. The van der Waals surface area contributed by atoms with Gasteiger partial charge in [-0.2, -0.15) is 0 Å². The maximum Gasteiger partial charge on any atom is 0.166 e. The van der Waals surface area contributed by atoms with E-state index >= 15 is 0 Å². The maximum absolute atomic E-state index is 12.2. The molecule has 2 nitrogen and oxygen atoms in total. The van der Waals surface area contributed by atoms with E-state index < -0.39 is 5.82 Å². The molecule has 0 unspecified atom stereocenters. The summed E-state index contributed by atoms with van der Waals surface area (Å²) in [7, 11) is 1.73. The zero-order valence-corrected chi connectivity index (χ0v) is 5.06. The molecule has 0 aliphatic carbocycles. The van der Waals surface area contributed by atoms with E-state index in [-0.39, 0.29) is 0 Å². The molecular formula is C5H6BFN2. The highest BCUT2D eigenvalue weighted by Gasteiger charge is 1.94. The summed E-state index contributed by atoms with van der Waals surface area (Å²) in [6.07, 6.45) is 1.14. The number of nitrogen functional groups attached to an aromatic ring is 1. The summed E-state index contributed by atoms with van der Waals surface area (Å²) in [6, 6.07) is 1.25. The Morgan fingerprint density at radius 3 is 2.78 bits per heavy atom. The quantitative estimate of drug-likeness (QED) is 0.453. The Morgan fingerprint density at radius 2 is 2.33 bits per heavy atom. The largest absolute Gasteiger partial charge is 0.398 e. The van der Waals surface area contributed by atoms with Crippen LogP contribution in [0.2, 0.25) is 0 Å². The van der Waals surface area contributed by atoms with Gasteiger partial charge >= 0.3 is 0 Å². The maximum atomic E-state index is 12.2. The molecule has 0 amide bonds. The summed E-state index contributed by atoms with van der Waals surface area (Å²) >= 11 is 0. The second-order valence-corrected chi connectivity index (χ2v) is 1.83. The summed E-state index contributed by atoms with van der Waals surface area (Å²) < 4.78 is 12.2. The molecule has 4 heteroatoms. The van der Waals surface area contributed by atoms with Crippen LogP contribution in [0.3, 0.4) is 0 Å². The van der Waals surface area contributed by atoms with Gasteiger partial charge in [-0.25, -0.2) is 4.39 Å². The van der Waals surface area contributed by atoms with E-state index in [9.17, 15) is 4.39 Å². The number of aromatic nitrogens is 1. The molecular weight excluding hydrogens is 118 g/mol. The Kier molecular flexibility index (Phi) is 1.38. The van der Waals surface area contributed by atoms with Crippen LogP contribution in [0.25, 0.3) is 0 Å². The Hall–Kier alpha value is -1.06. The average Bonchev–Trinajstić information content (AvgIpc) is 1.80. The van der Waals surface area contributed by atoms with Gasteiger partial charge < -0.3 is 5.73 Å². The molecule has 0 fully saturated rings. The predicted molar refractivity (Wildman–Crippen MR) is 36.8 cm³/mol. The normalized spacial score (nSPS) is 9.44. The van der Waals surface area contributed by atoms with Gasteiger partial charge in [0.1, 0.15) is 5.82 Å². The van der Waals surface area contributed by atoms with Crippen LogP contribution >= 0.6 is 0 Å². The average molecular weight is 124 g/mol. The van der Waals surface area contributed by atoms with Gasteiger partial charge in [-0.3, -0.25) is 4.98 Å². The van der Waals surface area contributed by atoms with Gasteiger partial charge in [-0.1, -0.05) is 0 Å². The summed E-state index contributed by atoms with van der Waals surface area (Å²) in [4.78, 5) is 3.68. The minimum absolute atomic E-state index is 0.391. The third kappa shape index (κ3) is 1.19. The molecule has 1 aromatic rings. The highest BCUT2D eigenvalue weighted by Crippen LogP contribution is 1.96. The number of anilines is 1.